The number of hydrogen-bond acceptors (Lipinski definition) is 4. The molecule has 128 valence electrons. The lowest BCUT2D eigenvalue weighted by Gasteiger charge is -2.32. The fourth-order valence-corrected chi connectivity index (χ4v) is 2.92. The number of nitrogens with one attached hydrogen (secondary N) is 2. The van der Waals surface area contributed by atoms with Gasteiger partial charge in [-0.2, -0.15) is 5.10 Å². The summed E-state index contributed by atoms with van der Waals surface area (Å²) in [7, 11) is 0. The van der Waals surface area contributed by atoms with E-state index in [0.717, 1.165) is 25.7 Å². The summed E-state index contributed by atoms with van der Waals surface area (Å²) in [6.07, 6.45) is 7.83. The topological polar surface area (TPSA) is 102 Å². The highest BCUT2D eigenvalue weighted by Gasteiger charge is 2.28. The van der Waals surface area contributed by atoms with Crippen molar-refractivity contribution in [2.45, 2.75) is 57.7 Å². The molecular formula is C16H27N5O2. The van der Waals surface area contributed by atoms with Crippen LogP contribution in [0.5, 0.6) is 0 Å². The Morgan fingerprint density at radius 2 is 2.09 bits per heavy atom. The molecule has 0 aromatic carbocycles. The fraction of sp³-hybridized carbons (Fsp3) is 0.688. The summed E-state index contributed by atoms with van der Waals surface area (Å²) in [6, 6.07) is 1.53. The third-order valence-electron chi connectivity index (χ3n) is 4.38. The van der Waals surface area contributed by atoms with E-state index in [9.17, 15) is 9.59 Å². The highest BCUT2D eigenvalue weighted by atomic mass is 16.2. The number of carbonyl (C=O) groups excluding carboxylic acids is 2. The Morgan fingerprint density at radius 3 is 2.74 bits per heavy atom. The zero-order valence-electron chi connectivity index (χ0n) is 13.9. The van der Waals surface area contributed by atoms with E-state index in [0.29, 0.717) is 0 Å². The molecule has 1 fully saturated rings. The van der Waals surface area contributed by atoms with Crippen LogP contribution in [0.3, 0.4) is 0 Å². The first-order valence-electron chi connectivity index (χ1n) is 8.31. The third-order valence-corrected chi connectivity index (χ3v) is 4.38. The molecule has 7 nitrogen and oxygen atoms in total. The number of nitrogens with two attached hydrogens (primary N) is 1. The monoisotopic (exact) mass is 321 g/mol. The van der Waals surface area contributed by atoms with E-state index >= 15 is 0 Å². The Kier molecular flexibility index (Phi) is 6.15. The molecule has 3 atom stereocenters. The van der Waals surface area contributed by atoms with Crippen LogP contribution in [0.4, 0.5) is 0 Å². The number of aromatic nitrogens is 2. The molecule has 1 aromatic rings. The number of hydrogen-bond donors (Lipinski definition) is 3. The van der Waals surface area contributed by atoms with Crippen LogP contribution in [-0.4, -0.2) is 40.2 Å². The predicted octanol–water partition coefficient (Wildman–Crippen LogP) is 0.583. The molecule has 0 aliphatic heterocycles. The first kappa shape index (κ1) is 17.5. The van der Waals surface area contributed by atoms with Gasteiger partial charge >= 0.3 is 0 Å². The molecular weight excluding hydrogens is 294 g/mol. The van der Waals surface area contributed by atoms with E-state index in [4.69, 9.17) is 5.73 Å². The van der Waals surface area contributed by atoms with Crippen LogP contribution >= 0.6 is 0 Å². The Labute approximate surface area is 137 Å². The summed E-state index contributed by atoms with van der Waals surface area (Å²) < 4.78 is 1.91. The molecule has 1 aliphatic carbocycles. The lowest BCUT2D eigenvalue weighted by molar-refractivity contribution is -0.127. The van der Waals surface area contributed by atoms with Gasteiger partial charge in [0.05, 0.1) is 24.7 Å². The molecule has 2 unspecified atom stereocenters. The molecule has 1 heterocycles. The summed E-state index contributed by atoms with van der Waals surface area (Å²) in [5, 5.41) is 9.92. The number of carbonyl (C=O) groups is 2. The van der Waals surface area contributed by atoms with Crippen LogP contribution in [0.2, 0.25) is 0 Å². The Bertz CT molecular complexity index is 515. The minimum absolute atomic E-state index is 0.0401. The smallest absolute Gasteiger partial charge is 0.239 e. The third kappa shape index (κ3) is 4.79. The maximum absolute atomic E-state index is 12.1. The highest BCUT2D eigenvalue weighted by Crippen LogP contribution is 2.27. The second kappa shape index (κ2) is 8.10. The molecule has 7 heteroatoms. The zero-order valence-corrected chi connectivity index (χ0v) is 13.9. The van der Waals surface area contributed by atoms with Crippen molar-refractivity contribution < 1.29 is 9.59 Å². The van der Waals surface area contributed by atoms with Crippen LogP contribution in [0, 0.1) is 5.92 Å². The van der Waals surface area contributed by atoms with Gasteiger partial charge in [0.15, 0.2) is 0 Å². The molecule has 1 aromatic heterocycles. The van der Waals surface area contributed by atoms with Crippen molar-refractivity contribution in [1.29, 1.82) is 0 Å². The number of rotatable bonds is 6. The Morgan fingerprint density at radius 1 is 1.35 bits per heavy atom. The average molecular weight is 321 g/mol. The van der Waals surface area contributed by atoms with Crippen molar-refractivity contribution in [3.8, 4) is 0 Å². The van der Waals surface area contributed by atoms with Crippen LogP contribution in [0.25, 0.3) is 0 Å². The van der Waals surface area contributed by atoms with E-state index in [1.54, 1.807) is 6.20 Å². The fourth-order valence-electron chi connectivity index (χ4n) is 2.92. The summed E-state index contributed by atoms with van der Waals surface area (Å²) in [5.74, 6) is -0.429. The lowest BCUT2D eigenvalue weighted by atomic mass is 9.90. The van der Waals surface area contributed by atoms with Gasteiger partial charge in [-0.3, -0.25) is 14.3 Å². The summed E-state index contributed by atoms with van der Waals surface area (Å²) in [4.78, 5) is 23.9. The van der Waals surface area contributed by atoms with Gasteiger partial charge in [0.25, 0.3) is 0 Å². The maximum atomic E-state index is 12.1. The summed E-state index contributed by atoms with van der Waals surface area (Å²) >= 11 is 0. The highest BCUT2D eigenvalue weighted by molar-refractivity contribution is 5.87. The van der Waals surface area contributed by atoms with Crippen LogP contribution < -0.4 is 16.4 Å². The number of nitrogens with zero attached hydrogens (tertiary/aromatic N) is 2. The van der Waals surface area contributed by atoms with Crippen molar-refractivity contribution >= 4 is 11.8 Å². The molecule has 4 N–H and O–H groups in total. The van der Waals surface area contributed by atoms with E-state index in [-0.39, 0.29) is 36.4 Å². The van der Waals surface area contributed by atoms with Crippen molar-refractivity contribution in [2.24, 2.45) is 11.7 Å². The largest absolute Gasteiger partial charge is 0.350 e. The van der Waals surface area contributed by atoms with Crippen molar-refractivity contribution in [3.63, 3.8) is 0 Å². The maximum Gasteiger partial charge on any atom is 0.239 e. The Balaban J connectivity index is 1.85. The first-order chi connectivity index (χ1) is 11.0. The van der Waals surface area contributed by atoms with Crippen LogP contribution in [-0.2, 0) is 9.59 Å². The minimum Gasteiger partial charge on any atom is -0.350 e. The van der Waals surface area contributed by atoms with Gasteiger partial charge in [-0.25, -0.2) is 0 Å². The van der Waals surface area contributed by atoms with Gasteiger partial charge in [-0.05, 0) is 24.8 Å². The second-order valence-electron chi connectivity index (χ2n) is 6.50. The van der Waals surface area contributed by atoms with Crippen molar-refractivity contribution in [2.75, 3.05) is 6.54 Å². The van der Waals surface area contributed by atoms with Gasteiger partial charge in [0.1, 0.15) is 0 Å². The molecule has 1 aliphatic rings. The van der Waals surface area contributed by atoms with Gasteiger partial charge in [0, 0.05) is 12.4 Å². The molecule has 23 heavy (non-hydrogen) atoms. The standard InChI is InChI=1S/C16H27N5O2/c1-11(2)15(17)16(23)18-10-14(22)20-12-6-3-4-7-13(12)21-9-5-8-19-21/h5,8-9,11-13,15H,3-4,6-7,10,17H2,1-2H3,(H,18,23)(H,20,22)/t12?,13?,15-/m0/s1. The van der Waals surface area contributed by atoms with E-state index < -0.39 is 6.04 Å². The van der Waals surface area contributed by atoms with E-state index in [2.05, 4.69) is 15.7 Å². The minimum atomic E-state index is -0.589. The SMILES string of the molecule is CC(C)[C@H](N)C(=O)NCC(=O)NC1CCCCC1n1cccn1. The number of amides is 2. The van der Waals surface area contributed by atoms with E-state index in [1.165, 1.54) is 0 Å². The summed E-state index contributed by atoms with van der Waals surface area (Å²) in [6.45, 7) is 3.71. The quantitative estimate of drug-likeness (QED) is 0.713. The molecule has 2 amide bonds. The Hall–Kier alpha value is -1.89. The molecule has 0 spiro atoms. The van der Waals surface area contributed by atoms with Gasteiger partial charge in [-0.15, -0.1) is 0 Å². The predicted molar refractivity (Wildman–Crippen MR) is 87.5 cm³/mol. The second-order valence-corrected chi connectivity index (χ2v) is 6.50. The molecule has 0 saturated heterocycles. The molecule has 0 bridgehead atoms. The van der Waals surface area contributed by atoms with Crippen LogP contribution in [0.1, 0.15) is 45.6 Å². The van der Waals surface area contributed by atoms with Gasteiger partial charge < -0.3 is 16.4 Å². The molecule has 1 saturated carbocycles. The molecule has 2 rings (SSSR count). The lowest BCUT2D eigenvalue weighted by Crippen LogP contribution is -2.50. The van der Waals surface area contributed by atoms with Crippen LogP contribution in [0.15, 0.2) is 18.5 Å². The first-order valence-corrected chi connectivity index (χ1v) is 8.31. The normalized spacial score (nSPS) is 22.6. The van der Waals surface area contributed by atoms with E-state index in [1.807, 2.05) is 30.8 Å². The van der Waals surface area contributed by atoms with Gasteiger partial charge in [0.2, 0.25) is 11.8 Å². The van der Waals surface area contributed by atoms with Crippen molar-refractivity contribution in [1.82, 2.24) is 20.4 Å². The summed E-state index contributed by atoms with van der Waals surface area (Å²) in [5.41, 5.74) is 5.76. The van der Waals surface area contributed by atoms with Crippen molar-refractivity contribution in [3.05, 3.63) is 18.5 Å². The van der Waals surface area contributed by atoms with Gasteiger partial charge in [-0.1, -0.05) is 26.7 Å². The molecule has 0 radical (unpaired) electrons. The average Bonchev–Trinajstić information content (AvgIpc) is 3.06. The zero-order chi connectivity index (χ0) is 16.8.